The maximum atomic E-state index is 9.83. The van der Waals surface area contributed by atoms with Gasteiger partial charge in [0.1, 0.15) is 12.7 Å². The van der Waals surface area contributed by atoms with E-state index in [1.165, 1.54) is 0 Å². The molecule has 6 nitrogen and oxygen atoms in total. The summed E-state index contributed by atoms with van der Waals surface area (Å²) >= 11 is 0. The maximum Gasteiger partial charge on any atom is 0.161 e. The van der Waals surface area contributed by atoms with Gasteiger partial charge in [0.15, 0.2) is 11.5 Å². The van der Waals surface area contributed by atoms with Crippen LogP contribution in [0.2, 0.25) is 0 Å². The van der Waals surface area contributed by atoms with Gasteiger partial charge in [-0.1, -0.05) is 12.1 Å². The predicted octanol–water partition coefficient (Wildman–Crippen LogP) is 0.422. The number of ether oxygens (including phenoxy) is 3. The number of hydrogen-bond donors (Lipinski definition) is 3. The Morgan fingerprint density at radius 1 is 1.05 bits per heavy atom. The molecule has 1 aromatic carbocycles. The van der Waals surface area contributed by atoms with Gasteiger partial charge in [-0.2, -0.15) is 0 Å². The summed E-state index contributed by atoms with van der Waals surface area (Å²) in [5.74, 6) is 1.25. The van der Waals surface area contributed by atoms with Crippen LogP contribution in [0.25, 0.3) is 0 Å². The fraction of sp³-hybridized carbons (Fsp3) is 0.600. The number of methoxy groups -OCH3 is 2. The molecule has 0 fully saturated rings. The molecule has 1 rings (SSSR count). The summed E-state index contributed by atoms with van der Waals surface area (Å²) in [6.07, 6.45) is -0.535. The summed E-state index contributed by atoms with van der Waals surface area (Å²) in [4.78, 5) is 0. The molecular formula is C15H25NO5. The number of nitrogens with one attached hydrogen (secondary N) is 1. The smallest absolute Gasteiger partial charge is 0.161 e. The Morgan fingerprint density at radius 3 is 2.43 bits per heavy atom. The van der Waals surface area contributed by atoms with E-state index in [1.54, 1.807) is 26.4 Å². The highest BCUT2D eigenvalue weighted by atomic mass is 16.5. The van der Waals surface area contributed by atoms with Crippen LogP contribution >= 0.6 is 0 Å². The van der Waals surface area contributed by atoms with Crippen LogP contribution in [0, 0.1) is 0 Å². The number of hydrogen-bond acceptors (Lipinski definition) is 6. The molecule has 1 aromatic rings. The molecule has 0 spiro atoms. The molecular weight excluding hydrogens is 274 g/mol. The Morgan fingerprint density at radius 2 is 1.76 bits per heavy atom. The van der Waals surface area contributed by atoms with E-state index in [2.05, 4.69) is 5.32 Å². The Labute approximate surface area is 125 Å². The van der Waals surface area contributed by atoms with Crippen LogP contribution in [0.4, 0.5) is 0 Å². The van der Waals surface area contributed by atoms with Gasteiger partial charge in [-0.15, -0.1) is 0 Å². The average Bonchev–Trinajstić information content (AvgIpc) is 2.50. The van der Waals surface area contributed by atoms with Gasteiger partial charge in [0.25, 0.3) is 0 Å². The molecule has 3 N–H and O–H groups in total. The van der Waals surface area contributed by atoms with Crippen LogP contribution in [0.5, 0.6) is 11.5 Å². The van der Waals surface area contributed by atoms with Gasteiger partial charge < -0.3 is 29.7 Å². The highest BCUT2D eigenvalue weighted by molar-refractivity contribution is 5.39. The van der Waals surface area contributed by atoms with Crippen LogP contribution < -0.4 is 14.8 Å². The average molecular weight is 299 g/mol. The van der Waals surface area contributed by atoms with Crippen molar-refractivity contribution >= 4 is 0 Å². The number of benzene rings is 1. The van der Waals surface area contributed by atoms with Crippen LogP contribution in [0.1, 0.15) is 6.42 Å². The van der Waals surface area contributed by atoms with Crippen LogP contribution in [-0.2, 0) is 4.74 Å². The zero-order chi connectivity index (χ0) is 15.5. The quantitative estimate of drug-likeness (QED) is 0.514. The molecule has 6 heteroatoms. The third-order valence-corrected chi connectivity index (χ3v) is 2.89. The van der Waals surface area contributed by atoms with E-state index in [4.69, 9.17) is 14.2 Å². The monoisotopic (exact) mass is 299 g/mol. The van der Waals surface area contributed by atoms with Gasteiger partial charge in [0.2, 0.25) is 0 Å². The second-order valence-corrected chi connectivity index (χ2v) is 4.72. The van der Waals surface area contributed by atoms with Gasteiger partial charge >= 0.3 is 0 Å². The molecule has 0 saturated carbocycles. The third-order valence-electron chi connectivity index (χ3n) is 2.89. The fourth-order valence-electron chi connectivity index (χ4n) is 1.80. The first-order valence-electron chi connectivity index (χ1n) is 6.99. The molecule has 2 atom stereocenters. The molecule has 0 aliphatic carbocycles. The highest BCUT2D eigenvalue weighted by Gasteiger charge is 2.08. The lowest BCUT2D eigenvalue weighted by atomic mass is 10.2. The van der Waals surface area contributed by atoms with Gasteiger partial charge in [-0.25, -0.2) is 0 Å². The lowest BCUT2D eigenvalue weighted by Crippen LogP contribution is -2.33. The summed E-state index contributed by atoms with van der Waals surface area (Å²) in [5.41, 5.74) is 0. The summed E-state index contributed by atoms with van der Waals surface area (Å²) in [7, 11) is 3.13. The van der Waals surface area contributed by atoms with Crippen molar-refractivity contribution in [3.63, 3.8) is 0 Å². The predicted molar refractivity (Wildman–Crippen MR) is 79.9 cm³/mol. The Balaban J connectivity index is 2.18. The first-order valence-corrected chi connectivity index (χ1v) is 6.99. The van der Waals surface area contributed by atoms with Gasteiger partial charge in [0, 0.05) is 13.7 Å². The normalized spacial score (nSPS) is 13.7. The largest absolute Gasteiger partial charge is 0.493 e. The zero-order valence-electron chi connectivity index (χ0n) is 12.6. The molecule has 0 amide bonds. The summed E-state index contributed by atoms with van der Waals surface area (Å²) < 4.78 is 15.5. The minimum atomic E-state index is -0.630. The number of para-hydroxylation sites is 2. The van der Waals surface area contributed by atoms with Gasteiger partial charge in [-0.3, -0.25) is 0 Å². The first kappa shape index (κ1) is 17.7. The van der Waals surface area contributed by atoms with Gasteiger partial charge in [-0.05, 0) is 25.1 Å². The lowest BCUT2D eigenvalue weighted by molar-refractivity contribution is 0.0577. The summed E-state index contributed by atoms with van der Waals surface area (Å²) in [5, 5.41) is 22.3. The molecule has 0 radical (unpaired) electrons. The maximum absolute atomic E-state index is 9.83. The SMILES string of the molecule is COCC(O)CCNCC(O)COc1ccccc1OC. The minimum absolute atomic E-state index is 0.175. The highest BCUT2D eigenvalue weighted by Crippen LogP contribution is 2.25. The van der Waals surface area contributed by atoms with Crippen molar-refractivity contribution in [2.45, 2.75) is 18.6 Å². The van der Waals surface area contributed by atoms with E-state index in [0.717, 1.165) is 0 Å². The van der Waals surface area contributed by atoms with Crippen LogP contribution in [0.3, 0.4) is 0 Å². The number of aliphatic hydroxyl groups excluding tert-OH is 2. The standard InChI is InChI=1S/C15H25NO5/c1-19-10-12(17)7-8-16-9-13(18)11-21-15-6-4-3-5-14(15)20-2/h3-6,12-13,16-18H,7-11H2,1-2H3. The second-order valence-electron chi connectivity index (χ2n) is 4.72. The Kier molecular flexibility index (Phi) is 8.77. The molecule has 0 heterocycles. The summed E-state index contributed by atoms with van der Waals surface area (Å²) in [6, 6.07) is 7.30. The minimum Gasteiger partial charge on any atom is -0.493 e. The van der Waals surface area contributed by atoms with Crippen molar-refractivity contribution in [1.29, 1.82) is 0 Å². The summed E-state index contributed by atoms with van der Waals surface area (Å²) in [6.45, 7) is 1.50. The van der Waals surface area contributed by atoms with Crippen molar-refractivity contribution in [2.75, 3.05) is 40.5 Å². The number of aliphatic hydroxyl groups is 2. The van der Waals surface area contributed by atoms with E-state index in [0.29, 0.717) is 37.6 Å². The van der Waals surface area contributed by atoms with E-state index in [9.17, 15) is 10.2 Å². The molecule has 0 saturated heterocycles. The van der Waals surface area contributed by atoms with Crippen molar-refractivity contribution in [1.82, 2.24) is 5.32 Å². The zero-order valence-corrected chi connectivity index (χ0v) is 12.6. The Hall–Kier alpha value is -1.34. The van der Waals surface area contributed by atoms with Crippen LogP contribution in [0.15, 0.2) is 24.3 Å². The molecule has 120 valence electrons. The van der Waals surface area contributed by atoms with Crippen molar-refractivity contribution < 1.29 is 24.4 Å². The molecule has 0 aliphatic heterocycles. The van der Waals surface area contributed by atoms with Crippen molar-refractivity contribution in [3.8, 4) is 11.5 Å². The van der Waals surface area contributed by atoms with Gasteiger partial charge in [0.05, 0.1) is 19.8 Å². The third kappa shape index (κ3) is 7.29. The number of rotatable bonds is 11. The Bertz CT molecular complexity index is 388. The molecule has 0 bridgehead atoms. The van der Waals surface area contributed by atoms with E-state index in [1.807, 2.05) is 12.1 Å². The van der Waals surface area contributed by atoms with E-state index < -0.39 is 12.2 Å². The first-order chi connectivity index (χ1) is 10.2. The van der Waals surface area contributed by atoms with Crippen LogP contribution in [-0.4, -0.2) is 62.9 Å². The van der Waals surface area contributed by atoms with E-state index >= 15 is 0 Å². The molecule has 0 aliphatic rings. The van der Waals surface area contributed by atoms with Crippen molar-refractivity contribution in [3.05, 3.63) is 24.3 Å². The second kappa shape index (κ2) is 10.4. The van der Waals surface area contributed by atoms with E-state index in [-0.39, 0.29) is 6.61 Å². The molecule has 21 heavy (non-hydrogen) atoms. The van der Waals surface area contributed by atoms with Crippen molar-refractivity contribution in [2.24, 2.45) is 0 Å². The molecule has 2 unspecified atom stereocenters. The fourth-order valence-corrected chi connectivity index (χ4v) is 1.80. The lowest BCUT2D eigenvalue weighted by Gasteiger charge is -2.15. The molecule has 0 aromatic heterocycles. The topological polar surface area (TPSA) is 80.2 Å².